The van der Waals surface area contributed by atoms with Gasteiger partial charge in [0.25, 0.3) is 0 Å². The van der Waals surface area contributed by atoms with Crippen LogP contribution in [0.3, 0.4) is 0 Å². The van der Waals surface area contributed by atoms with Crippen LogP contribution in [0.4, 0.5) is 0 Å². The summed E-state index contributed by atoms with van der Waals surface area (Å²) >= 11 is 0. The van der Waals surface area contributed by atoms with Gasteiger partial charge >= 0.3 is 5.97 Å². The second-order valence-corrected chi connectivity index (χ2v) is 19.0. The van der Waals surface area contributed by atoms with Crippen molar-refractivity contribution in [3.63, 3.8) is 0 Å². The van der Waals surface area contributed by atoms with Crippen LogP contribution in [0.5, 0.6) is 0 Å². The van der Waals surface area contributed by atoms with Crippen LogP contribution in [0.25, 0.3) is 0 Å². The van der Waals surface area contributed by atoms with Crippen molar-refractivity contribution in [1.82, 2.24) is 0 Å². The van der Waals surface area contributed by atoms with Gasteiger partial charge in [0.15, 0.2) is 18.9 Å². The number of rotatable bonds is 7. The summed E-state index contributed by atoms with van der Waals surface area (Å²) in [6, 6.07) is 0. The molecule has 0 aromatic heterocycles. The third-order valence-corrected chi connectivity index (χ3v) is 16.0. The van der Waals surface area contributed by atoms with Crippen LogP contribution < -0.4 is 0 Å². The normalized spacial score (nSPS) is 56.1. The summed E-state index contributed by atoms with van der Waals surface area (Å²) in [5, 5.41) is 77.5. The molecule has 3 saturated heterocycles. The van der Waals surface area contributed by atoms with E-state index >= 15 is 0 Å². The number of ether oxygens (including phenoxy) is 7. The molecular weight excluding hydrogens is 732 g/mol. The minimum atomic E-state index is -1.56. The molecule has 4 aliphatic heterocycles. The molecule has 0 radical (unpaired) electrons. The summed E-state index contributed by atoms with van der Waals surface area (Å²) in [4.78, 5) is 12.0. The molecule has 0 amide bonds. The number of esters is 1. The highest BCUT2D eigenvalue weighted by Gasteiger charge is 2.68. The Morgan fingerprint density at radius 1 is 0.679 bits per heavy atom. The minimum absolute atomic E-state index is 0.0171. The summed E-state index contributed by atoms with van der Waals surface area (Å²) < 4.78 is 41.4. The van der Waals surface area contributed by atoms with Crippen molar-refractivity contribution < 1.29 is 73.7 Å². The smallest absolute Gasteiger partial charge is 0.331 e. The molecule has 11 unspecified atom stereocenters. The van der Waals surface area contributed by atoms with Crippen LogP contribution in [-0.2, 0) is 38.0 Å². The van der Waals surface area contributed by atoms with Gasteiger partial charge < -0.3 is 68.9 Å². The first-order valence-electron chi connectivity index (χ1n) is 21.1. The number of hydrogen-bond acceptors (Lipinski definition) is 15. The van der Waals surface area contributed by atoms with Gasteiger partial charge in [-0.3, -0.25) is 0 Å². The number of aliphatic hydroxyl groups is 7. The minimum Gasteiger partial charge on any atom is -0.458 e. The number of aliphatic hydroxyl groups excluding tert-OH is 6. The largest absolute Gasteiger partial charge is 0.458 e. The van der Waals surface area contributed by atoms with Crippen molar-refractivity contribution in [3.05, 3.63) is 11.6 Å². The highest BCUT2D eigenvalue weighted by Crippen LogP contribution is 2.70. The lowest BCUT2D eigenvalue weighted by Crippen LogP contribution is -2.63. The van der Waals surface area contributed by atoms with Gasteiger partial charge in [-0.2, -0.15) is 0 Å². The molecule has 15 heteroatoms. The molecule has 0 spiro atoms. The Labute approximate surface area is 328 Å². The summed E-state index contributed by atoms with van der Waals surface area (Å²) in [6.07, 6.45) is -7.13. The summed E-state index contributed by atoms with van der Waals surface area (Å²) in [7, 11) is 0. The van der Waals surface area contributed by atoms with E-state index in [1.54, 1.807) is 19.9 Å². The van der Waals surface area contributed by atoms with E-state index in [0.717, 1.165) is 63.4 Å². The van der Waals surface area contributed by atoms with E-state index in [9.17, 15) is 40.5 Å². The van der Waals surface area contributed by atoms with Crippen LogP contribution in [-0.4, -0.2) is 146 Å². The lowest BCUT2D eigenvalue weighted by atomic mass is 9.43. The van der Waals surface area contributed by atoms with Crippen molar-refractivity contribution in [2.24, 2.45) is 34.5 Å². The highest BCUT2D eigenvalue weighted by atomic mass is 16.7. The van der Waals surface area contributed by atoms with Crippen LogP contribution in [0, 0.1) is 34.5 Å². The van der Waals surface area contributed by atoms with Crippen LogP contribution in [0.15, 0.2) is 11.6 Å². The van der Waals surface area contributed by atoms with Gasteiger partial charge in [-0.05, 0) is 113 Å². The molecule has 56 heavy (non-hydrogen) atoms. The first kappa shape index (κ1) is 41.4. The third-order valence-electron chi connectivity index (χ3n) is 16.0. The Hall–Kier alpha value is -1.31. The van der Waals surface area contributed by atoms with Gasteiger partial charge in [-0.15, -0.1) is 0 Å². The van der Waals surface area contributed by atoms with E-state index in [4.69, 9.17) is 33.2 Å². The van der Waals surface area contributed by atoms with Crippen LogP contribution in [0.2, 0.25) is 0 Å². The molecule has 318 valence electrons. The lowest BCUT2D eigenvalue weighted by molar-refractivity contribution is -0.365. The third kappa shape index (κ3) is 6.82. The average Bonchev–Trinajstić information content (AvgIpc) is 3.71. The number of fused-ring (bicyclic) bond motifs is 5. The number of carbonyl (C=O) groups excluding carboxylic acids is 1. The topological polar surface area (TPSA) is 223 Å². The second kappa shape index (κ2) is 15.3. The molecule has 4 saturated carbocycles. The zero-order valence-corrected chi connectivity index (χ0v) is 33.2. The summed E-state index contributed by atoms with van der Waals surface area (Å²) in [6.45, 7) is 9.91. The lowest BCUT2D eigenvalue weighted by Gasteiger charge is -2.64. The second-order valence-electron chi connectivity index (χ2n) is 19.0. The first-order chi connectivity index (χ1) is 26.4. The summed E-state index contributed by atoms with van der Waals surface area (Å²) in [5.41, 5.74) is -0.0425. The van der Waals surface area contributed by atoms with Crippen LogP contribution in [0.1, 0.15) is 98.8 Å². The quantitative estimate of drug-likeness (QED) is 0.142. The predicted molar refractivity (Wildman–Crippen MR) is 194 cm³/mol. The van der Waals surface area contributed by atoms with Crippen molar-refractivity contribution in [2.45, 2.75) is 197 Å². The molecular formula is C41H64O15. The molecule has 7 N–H and O–H groups in total. The molecule has 0 aromatic rings. The molecule has 7 fully saturated rings. The van der Waals surface area contributed by atoms with Gasteiger partial charge in [0.2, 0.25) is 0 Å². The number of hydrogen-bond donors (Lipinski definition) is 7. The maximum atomic E-state index is 12.6. The first-order valence-corrected chi connectivity index (χ1v) is 21.1. The Morgan fingerprint density at radius 3 is 2.09 bits per heavy atom. The number of carbonyl (C=O) groups is 1. The Kier molecular flexibility index (Phi) is 11.3. The van der Waals surface area contributed by atoms with E-state index in [1.165, 1.54) is 6.92 Å². The molecule has 4 aliphatic carbocycles. The van der Waals surface area contributed by atoms with E-state index in [0.29, 0.717) is 18.4 Å². The average molecular weight is 797 g/mol. The fraction of sp³-hybridized carbons (Fsp3) is 0.927. The van der Waals surface area contributed by atoms with Gasteiger partial charge in [0, 0.05) is 17.9 Å². The van der Waals surface area contributed by atoms with Crippen molar-refractivity contribution in [3.8, 4) is 0 Å². The molecule has 8 aliphatic rings. The van der Waals surface area contributed by atoms with Crippen molar-refractivity contribution in [1.29, 1.82) is 0 Å². The fourth-order valence-corrected chi connectivity index (χ4v) is 12.7. The fourth-order valence-electron chi connectivity index (χ4n) is 12.7. The summed E-state index contributed by atoms with van der Waals surface area (Å²) in [5.74, 6) is 0.773. The molecule has 22 atom stereocenters. The Bertz CT molecular complexity index is 1480. The van der Waals surface area contributed by atoms with Crippen molar-refractivity contribution in [2.75, 3.05) is 6.61 Å². The maximum absolute atomic E-state index is 12.6. The number of cyclic esters (lactones) is 1. The van der Waals surface area contributed by atoms with Gasteiger partial charge in [-0.25, -0.2) is 4.79 Å². The van der Waals surface area contributed by atoms with E-state index < -0.39 is 91.6 Å². The molecule has 8 rings (SSSR count). The van der Waals surface area contributed by atoms with Gasteiger partial charge in [-0.1, -0.05) is 13.8 Å². The molecule has 0 bridgehead atoms. The highest BCUT2D eigenvalue weighted by molar-refractivity contribution is 5.85. The van der Waals surface area contributed by atoms with Crippen molar-refractivity contribution >= 4 is 5.97 Å². The monoisotopic (exact) mass is 796 g/mol. The van der Waals surface area contributed by atoms with E-state index in [2.05, 4.69) is 13.8 Å². The SMILES string of the molecule is CC1C[C@H](OC2OC(C)C(O)[C@H](O)[C@@H]2O)[C@H](O)C(O[C@H]2C(O)C(C)OC(O[C@H]3CCC4(C)C5CCC6(C)[C@@H](C7=CC(=O)OC7)CC[C@]6(O)[C@@H]5CC[C@H]4C3)[C@H]2O)O1. The Balaban J connectivity index is 0.900. The zero-order valence-electron chi connectivity index (χ0n) is 33.2. The van der Waals surface area contributed by atoms with Crippen LogP contribution >= 0.6 is 0 Å². The molecule has 0 aromatic carbocycles. The van der Waals surface area contributed by atoms with E-state index in [-0.39, 0.29) is 41.2 Å². The maximum Gasteiger partial charge on any atom is 0.331 e. The molecule has 4 heterocycles. The van der Waals surface area contributed by atoms with E-state index in [1.807, 2.05) is 0 Å². The van der Waals surface area contributed by atoms with Gasteiger partial charge in [0.05, 0.1) is 36.1 Å². The predicted octanol–water partition coefficient (Wildman–Crippen LogP) is 1.19. The Morgan fingerprint density at radius 2 is 1.38 bits per heavy atom. The zero-order chi connectivity index (χ0) is 40.1. The molecule has 15 nitrogen and oxygen atoms in total. The standard InChI is InChI=1S/C41H64O15/c1-18-14-27(55-37-33(47)32(46)29(43)19(2)52-37)31(45)36(51-18)56-35-30(44)20(3)53-38(34(35)48)54-23-8-11-39(4)22(16-23)6-7-26-25(39)9-12-40(5)24(10-13-41(26,40)49)21-15-28(42)50-17-21/h15,18-20,22-27,29-38,43-49H,6-14,16-17H2,1-5H3/t18?,19?,20?,22-,23-,24+,25?,26+,27-,29?,30?,31-,32-,33-,34-,35-,36?,37?,38?,39?,40?,41-/m0/s1. The van der Waals surface area contributed by atoms with Gasteiger partial charge in [0.1, 0.15) is 49.3 Å².